The van der Waals surface area contributed by atoms with E-state index >= 15 is 0 Å². The monoisotopic (exact) mass is 257 g/mol. The lowest BCUT2D eigenvalue weighted by Gasteiger charge is -2.14. The first-order valence-corrected chi connectivity index (χ1v) is 5.86. The summed E-state index contributed by atoms with van der Waals surface area (Å²) in [6, 6.07) is 8.51. The third-order valence-corrected chi connectivity index (χ3v) is 2.77. The number of nitrogens with two attached hydrogens (primary N) is 1. The maximum atomic E-state index is 12.0. The summed E-state index contributed by atoms with van der Waals surface area (Å²) in [6.07, 6.45) is 2.69. The number of hydrogen-bond donors (Lipinski definition) is 3. The molecule has 1 amide bonds. The molecule has 2 aromatic rings. The number of benzene rings is 1. The Morgan fingerprint density at radius 2 is 2.00 bits per heavy atom. The SMILES string of the molecule is CC(NC(=O)c1cncc(O)c1)c1ccc(N)cc1. The fraction of sp³-hybridized carbons (Fsp3) is 0.143. The highest BCUT2D eigenvalue weighted by atomic mass is 16.3. The molecule has 4 N–H and O–H groups in total. The number of rotatable bonds is 3. The number of hydrogen-bond acceptors (Lipinski definition) is 4. The maximum Gasteiger partial charge on any atom is 0.253 e. The van der Waals surface area contributed by atoms with Crippen LogP contribution in [0.2, 0.25) is 0 Å². The van der Waals surface area contributed by atoms with Crippen molar-refractivity contribution >= 4 is 11.6 Å². The molecule has 0 radical (unpaired) electrons. The molecule has 0 fully saturated rings. The lowest BCUT2D eigenvalue weighted by molar-refractivity contribution is 0.0939. The van der Waals surface area contributed by atoms with Crippen LogP contribution in [0.25, 0.3) is 0 Å². The molecule has 0 aliphatic heterocycles. The zero-order valence-corrected chi connectivity index (χ0v) is 10.5. The molecule has 5 nitrogen and oxygen atoms in total. The minimum Gasteiger partial charge on any atom is -0.506 e. The Hall–Kier alpha value is -2.56. The topological polar surface area (TPSA) is 88.2 Å². The molecule has 2 rings (SSSR count). The molecule has 0 saturated carbocycles. The molecular formula is C14H15N3O2. The largest absolute Gasteiger partial charge is 0.506 e. The smallest absolute Gasteiger partial charge is 0.253 e. The summed E-state index contributed by atoms with van der Waals surface area (Å²) in [5, 5.41) is 12.1. The second-order valence-electron chi connectivity index (χ2n) is 4.29. The first-order valence-electron chi connectivity index (χ1n) is 5.86. The van der Waals surface area contributed by atoms with Crippen LogP contribution >= 0.6 is 0 Å². The van der Waals surface area contributed by atoms with E-state index in [2.05, 4.69) is 10.3 Å². The zero-order chi connectivity index (χ0) is 13.8. The first kappa shape index (κ1) is 12.9. The molecule has 1 heterocycles. The van der Waals surface area contributed by atoms with E-state index < -0.39 is 0 Å². The van der Waals surface area contributed by atoms with Gasteiger partial charge >= 0.3 is 0 Å². The number of nitrogen functional groups attached to an aromatic ring is 1. The standard InChI is InChI=1S/C14H15N3O2/c1-9(10-2-4-12(15)5-3-10)17-14(19)11-6-13(18)8-16-7-11/h2-9,18H,15H2,1H3,(H,17,19). The van der Waals surface area contributed by atoms with Gasteiger partial charge in [-0.25, -0.2) is 0 Å². The van der Waals surface area contributed by atoms with Crippen LogP contribution in [0.3, 0.4) is 0 Å². The highest BCUT2D eigenvalue weighted by molar-refractivity contribution is 5.94. The number of pyridine rings is 1. The number of aromatic nitrogens is 1. The highest BCUT2D eigenvalue weighted by Crippen LogP contribution is 2.15. The van der Waals surface area contributed by atoms with Crippen molar-refractivity contribution in [1.29, 1.82) is 0 Å². The van der Waals surface area contributed by atoms with Gasteiger partial charge in [-0.05, 0) is 30.7 Å². The minimum absolute atomic E-state index is 0.0345. The van der Waals surface area contributed by atoms with E-state index in [0.717, 1.165) is 5.56 Å². The molecule has 1 unspecified atom stereocenters. The summed E-state index contributed by atoms with van der Waals surface area (Å²) in [5.74, 6) is -0.319. The number of carbonyl (C=O) groups excluding carboxylic acids is 1. The second-order valence-corrected chi connectivity index (χ2v) is 4.29. The molecule has 98 valence electrons. The van der Waals surface area contributed by atoms with E-state index in [1.807, 2.05) is 19.1 Å². The minimum atomic E-state index is -0.285. The van der Waals surface area contributed by atoms with Crippen molar-refractivity contribution in [3.63, 3.8) is 0 Å². The van der Waals surface area contributed by atoms with Crippen LogP contribution in [0, 0.1) is 0 Å². The van der Waals surface area contributed by atoms with E-state index in [9.17, 15) is 9.90 Å². The van der Waals surface area contributed by atoms with Gasteiger partial charge in [0.2, 0.25) is 0 Å². The Morgan fingerprint density at radius 3 is 2.63 bits per heavy atom. The van der Waals surface area contributed by atoms with Crippen LogP contribution in [-0.4, -0.2) is 16.0 Å². The molecule has 19 heavy (non-hydrogen) atoms. The Morgan fingerprint density at radius 1 is 1.32 bits per heavy atom. The van der Waals surface area contributed by atoms with E-state index in [-0.39, 0.29) is 17.7 Å². The molecule has 1 atom stereocenters. The van der Waals surface area contributed by atoms with E-state index in [1.54, 1.807) is 12.1 Å². The van der Waals surface area contributed by atoms with E-state index in [4.69, 9.17) is 5.73 Å². The summed E-state index contributed by atoms with van der Waals surface area (Å²) >= 11 is 0. The van der Waals surface area contributed by atoms with Gasteiger partial charge in [-0.1, -0.05) is 12.1 Å². The fourth-order valence-corrected chi connectivity index (χ4v) is 1.70. The fourth-order valence-electron chi connectivity index (χ4n) is 1.70. The number of nitrogens with zero attached hydrogens (tertiary/aromatic N) is 1. The molecule has 0 spiro atoms. The zero-order valence-electron chi connectivity index (χ0n) is 10.5. The van der Waals surface area contributed by atoms with Gasteiger partial charge in [0.15, 0.2) is 0 Å². The van der Waals surface area contributed by atoms with Crippen LogP contribution in [0.4, 0.5) is 5.69 Å². The van der Waals surface area contributed by atoms with E-state index in [0.29, 0.717) is 11.3 Å². The Balaban J connectivity index is 2.08. The second kappa shape index (κ2) is 5.39. The van der Waals surface area contributed by atoms with Crippen LogP contribution in [-0.2, 0) is 0 Å². The van der Waals surface area contributed by atoms with Crippen molar-refractivity contribution in [2.24, 2.45) is 0 Å². The van der Waals surface area contributed by atoms with Crippen LogP contribution in [0.15, 0.2) is 42.7 Å². The number of carbonyl (C=O) groups is 1. The van der Waals surface area contributed by atoms with Gasteiger partial charge in [-0.3, -0.25) is 9.78 Å². The number of aromatic hydroxyl groups is 1. The number of anilines is 1. The third kappa shape index (κ3) is 3.22. The van der Waals surface area contributed by atoms with Gasteiger partial charge in [0, 0.05) is 11.9 Å². The summed E-state index contributed by atoms with van der Waals surface area (Å²) < 4.78 is 0. The van der Waals surface area contributed by atoms with Gasteiger partial charge in [-0.15, -0.1) is 0 Å². The van der Waals surface area contributed by atoms with Crippen LogP contribution < -0.4 is 11.1 Å². The van der Waals surface area contributed by atoms with Crippen molar-refractivity contribution in [3.05, 3.63) is 53.9 Å². The van der Waals surface area contributed by atoms with Crippen molar-refractivity contribution in [3.8, 4) is 5.75 Å². The third-order valence-electron chi connectivity index (χ3n) is 2.77. The van der Waals surface area contributed by atoms with Gasteiger partial charge < -0.3 is 16.2 Å². The van der Waals surface area contributed by atoms with Crippen molar-refractivity contribution in [2.75, 3.05) is 5.73 Å². The predicted octanol–water partition coefficient (Wildman–Crippen LogP) is 1.86. The van der Waals surface area contributed by atoms with Gasteiger partial charge in [0.25, 0.3) is 5.91 Å². The number of nitrogens with one attached hydrogen (secondary N) is 1. The highest BCUT2D eigenvalue weighted by Gasteiger charge is 2.12. The molecule has 5 heteroatoms. The Kier molecular flexibility index (Phi) is 3.66. The number of amides is 1. The van der Waals surface area contributed by atoms with Crippen molar-refractivity contribution in [1.82, 2.24) is 10.3 Å². The van der Waals surface area contributed by atoms with Crippen molar-refractivity contribution < 1.29 is 9.90 Å². The molecule has 0 saturated heterocycles. The summed E-state index contributed by atoms with van der Waals surface area (Å²) in [4.78, 5) is 15.7. The van der Waals surface area contributed by atoms with E-state index in [1.165, 1.54) is 18.5 Å². The van der Waals surface area contributed by atoms with Crippen LogP contribution in [0.1, 0.15) is 28.9 Å². The average Bonchev–Trinajstić information content (AvgIpc) is 2.39. The Bertz CT molecular complexity index is 581. The quantitative estimate of drug-likeness (QED) is 0.732. The molecule has 0 aliphatic carbocycles. The molecule has 0 bridgehead atoms. The summed E-state index contributed by atoms with van der Waals surface area (Å²) in [5.41, 5.74) is 7.57. The molecule has 1 aromatic carbocycles. The maximum absolute atomic E-state index is 12.0. The molecular weight excluding hydrogens is 242 g/mol. The predicted molar refractivity (Wildman–Crippen MR) is 72.6 cm³/mol. The summed E-state index contributed by atoms with van der Waals surface area (Å²) in [6.45, 7) is 1.87. The lowest BCUT2D eigenvalue weighted by atomic mass is 10.1. The molecule has 0 aliphatic rings. The van der Waals surface area contributed by atoms with Gasteiger partial charge in [0.05, 0.1) is 17.8 Å². The lowest BCUT2D eigenvalue weighted by Crippen LogP contribution is -2.26. The van der Waals surface area contributed by atoms with Gasteiger partial charge in [0.1, 0.15) is 5.75 Å². The first-order chi connectivity index (χ1) is 9.06. The molecule has 1 aromatic heterocycles. The van der Waals surface area contributed by atoms with Gasteiger partial charge in [-0.2, -0.15) is 0 Å². The van der Waals surface area contributed by atoms with Crippen molar-refractivity contribution in [2.45, 2.75) is 13.0 Å². The normalized spacial score (nSPS) is 11.8. The summed E-state index contributed by atoms with van der Waals surface area (Å²) in [7, 11) is 0. The van der Waals surface area contributed by atoms with Crippen LogP contribution in [0.5, 0.6) is 5.75 Å². The Labute approximate surface area is 111 Å². The average molecular weight is 257 g/mol.